The molecule has 0 fully saturated rings. The van der Waals surface area contributed by atoms with Crippen molar-refractivity contribution in [1.29, 1.82) is 0 Å². The molecule has 1 aliphatic rings. The standard InChI is InChI=1S/C9H7FO2S/c1-5-7(11)4-8(12-5)6-2-3-13-9(6)10/h2-5H,1H3. The summed E-state index contributed by atoms with van der Waals surface area (Å²) in [6.45, 7) is 1.65. The second kappa shape index (κ2) is 2.96. The summed E-state index contributed by atoms with van der Waals surface area (Å²) in [7, 11) is 0. The SMILES string of the molecule is CC1OC(c2ccsc2F)=CC1=O. The molecule has 0 saturated carbocycles. The van der Waals surface area contributed by atoms with E-state index in [1.807, 2.05) is 0 Å². The molecule has 2 nitrogen and oxygen atoms in total. The molecule has 0 saturated heterocycles. The molecule has 0 radical (unpaired) electrons. The second-order valence-electron chi connectivity index (χ2n) is 2.78. The number of ether oxygens (including phenoxy) is 1. The van der Waals surface area contributed by atoms with Crippen LogP contribution in [0.3, 0.4) is 0 Å². The summed E-state index contributed by atoms with van der Waals surface area (Å²) in [5, 5.41) is 1.32. The van der Waals surface area contributed by atoms with Crippen molar-refractivity contribution in [2.75, 3.05) is 0 Å². The summed E-state index contributed by atoms with van der Waals surface area (Å²) in [6, 6.07) is 1.61. The van der Waals surface area contributed by atoms with Crippen LogP contribution in [-0.2, 0) is 9.53 Å². The van der Waals surface area contributed by atoms with E-state index in [1.54, 1.807) is 18.4 Å². The van der Waals surface area contributed by atoms with Gasteiger partial charge in [-0.15, -0.1) is 11.3 Å². The maximum Gasteiger partial charge on any atom is 0.199 e. The highest BCUT2D eigenvalue weighted by Crippen LogP contribution is 2.28. The molecule has 1 aromatic heterocycles. The van der Waals surface area contributed by atoms with Crippen LogP contribution in [0.4, 0.5) is 4.39 Å². The van der Waals surface area contributed by atoms with Gasteiger partial charge in [0, 0.05) is 6.08 Å². The Morgan fingerprint density at radius 2 is 2.38 bits per heavy atom. The molecule has 68 valence electrons. The van der Waals surface area contributed by atoms with Crippen molar-refractivity contribution in [2.45, 2.75) is 13.0 Å². The molecule has 1 unspecified atom stereocenters. The van der Waals surface area contributed by atoms with Gasteiger partial charge in [-0.2, -0.15) is 4.39 Å². The summed E-state index contributed by atoms with van der Waals surface area (Å²) in [4.78, 5) is 11.1. The summed E-state index contributed by atoms with van der Waals surface area (Å²) < 4.78 is 18.2. The summed E-state index contributed by atoms with van der Waals surface area (Å²) in [6.07, 6.45) is 0.866. The Morgan fingerprint density at radius 1 is 1.62 bits per heavy atom. The smallest absolute Gasteiger partial charge is 0.199 e. The average Bonchev–Trinajstić information content (AvgIpc) is 2.60. The largest absolute Gasteiger partial charge is 0.482 e. The van der Waals surface area contributed by atoms with Gasteiger partial charge in [-0.3, -0.25) is 4.79 Å². The van der Waals surface area contributed by atoms with E-state index in [0.29, 0.717) is 11.3 Å². The maximum atomic E-state index is 13.0. The predicted octanol–water partition coefficient (Wildman–Crippen LogP) is 2.22. The zero-order valence-corrected chi connectivity index (χ0v) is 7.73. The van der Waals surface area contributed by atoms with Gasteiger partial charge in [-0.1, -0.05) is 0 Å². The van der Waals surface area contributed by atoms with Crippen LogP contribution in [0.1, 0.15) is 12.5 Å². The Kier molecular flexibility index (Phi) is 1.92. The molecular weight excluding hydrogens is 191 g/mol. The Hall–Kier alpha value is -1.16. The third-order valence-electron chi connectivity index (χ3n) is 1.86. The van der Waals surface area contributed by atoms with Crippen LogP contribution in [0.2, 0.25) is 0 Å². The highest BCUT2D eigenvalue weighted by atomic mass is 32.1. The molecule has 2 heterocycles. The Labute approximate surface area is 78.6 Å². The van der Waals surface area contributed by atoms with Crippen molar-refractivity contribution in [2.24, 2.45) is 0 Å². The van der Waals surface area contributed by atoms with E-state index < -0.39 is 6.10 Å². The lowest BCUT2D eigenvalue weighted by Crippen LogP contribution is -2.09. The number of rotatable bonds is 1. The number of carbonyl (C=O) groups excluding carboxylic acids is 1. The van der Waals surface area contributed by atoms with Crippen molar-refractivity contribution in [3.8, 4) is 0 Å². The Morgan fingerprint density at radius 3 is 2.85 bits per heavy atom. The molecular formula is C9H7FO2S. The van der Waals surface area contributed by atoms with E-state index in [0.717, 1.165) is 11.3 Å². The third-order valence-corrected chi connectivity index (χ3v) is 2.56. The van der Waals surface area contributed by atoms with Crippen molar-refractivity contribution in [1.82, 2.24) is 0 Å². The Bertz CT molecular complexity index is 381. The topological polar surface area (TPSA) is 26.3 Å². The molecule has 0 amide bonds. The first-order valence-corrected chi connectivity index (χ1v) is 4.72. The molecule has 1 atom stereocenters. The summed E-state index contributed by atoms with van der Waals surface area (Å²) in [5.74, 6) is 0.233. The molecule has 2 rings (SSSR count). The van der Waals surface area contributed by atoms with Crippen molar-refractivity contribution in [3.05, 3.63) is 28.2 Å². The van der Waals surface area contributed by atoms with E-state index in [9.17, 15) is 9.18 Å². The number of hydrogen-bond donors (Lipinski definition) is 0. The van der Waals surface area contributed by atoms with Crippen LogP contribution < -0.4 is 0 Å². The van der Waals surface area contributed by atoms with Crippen LogP contribution >= 0.6 is 11.3 Å². The van der Waals surface area contributed by atoms with Gasteiger partial charge >= 0.3 is 0 Å². The molecule has 1 aliphatic heterocycles. The van der Waals surface area contributed by atoms with Crippen LogP contribution in [0.15, 0.2) is 17.5 Å². The maximum absolute atomic E-state index is 13.0. The molecule has 0 aliphatic carbocycles. The van der Waals surface area contributed by atoms with Crippen molar-refractivity contribution >= 4 is 22.9 Å². The van der Waals surface area contributed by atoms with Crippen LogP contribution in [0.5, 0.6) is 0 Å². The summed E-state index contributed by atoms with van der Waals surface area (Å²) in [5.41, 5.74) is 0.378. The number of carbonyl (C=O) groups is 1. The van der Waals surface area contributed by atoms with Gasteiger partial charge in [-0.05, 0) is 18.4 Å². The molecule has 0 spiro atoms. The minimum absolute atomic E-state index is 0.111. The van der Waals surface area contributed by atoms with E-state index in [2.05, 4.69) is 0 Å². The van der Waals surface area contributed by atoms with Gasteiger partial charge in [0.2, 0.25) is 0 Å². The molecule has 0 N–H and O–H groups in total. The molecule has 13 heavy (non-hydrogen) atoms. The van der Waals surface area contributed by atoms with Gasteiger partial charge < -0.3 is 4.74 Å². The normalized spacial score (nSPS) is 21.5. The molecule has 4 heteroatoms. The first-order valence-electron chi connectivity index (χ1n) is 3.84. The van der Waals surface area contributed by atoms with E-state index in [4.69, 9.17) is 4.74 Å². The molecule has 0 bridgehead atoms. The third kappa shape index (κ3) is 1.37. The number of ketones is 1. The summed E-state index contributed by atoms with van der Waals surface area (Å²) >= 11 is 0.995. The quantitative estimate of drug-likeness (QED) is 0.691. The van der Waals surface area contributed by atoms with Gasteiger partial charge in [0.1, 0.15) is 5.76 Å². The van der Waals surface area contributed by atoms with E-state index in [1.165, 1.54) is 6.08 Å². The van der Waals surface area contributed by atoms with Crippen molar-refractivity contribution in [3.63, 3.8) is 0 Å². The van der Waals surface area contributed by atoms with Gasteiger partial charge in [0.05, 0.1) is 5.56 Å². The van der Waals surface area contributed by atoms with Crippen molar-refractivity contribution < 1.29 is 13.9 Å². The minimum Gasteiger partial charge on any atom is -0.482 e. The average molecular weight is 198 g/mol. The van der Waals surface area contributed by atoms with E-state index in [-0.39, 0.29) is 10.9 Å². The molecule has 1 aromatic rings. The fourth-order valence-electron chi connectivity index (χ4n) is 1.14. The monoisotopic (exact) mass is 198 g/mol. The highest BCUT2D eigenvalue weighted by Gasteiger charge is 2.25. The van der Waals surface area contributed by atoms with E-state index >= 15 is 0 Å². The first-order chi connectivity index (χ1) is 6.18. The second-order valence-corrected chi connectivity index (χ2v) is 3.65. The lowest BCUT2D eigenvalue weighted by atomic mass is 10.2. The van der Waals surface area contributed by atoms with Crippen LogP contribution in [0.25, 0.3) is 5.76 Å². The van der Waals surface area contributed by atoms with Crippen LogP contribution in [-0.4, -0.2) is 11.9 Å². The van der Waals surface area contributed by atoms with Crippen LogP contribution in [0, 0.1) is 5.13 Å². The fraction of sp³-hybridized carbons (Fsp3) is 0.222. The lowest BCUT2D eigenvalue weighted by Gasteiger charge is -2.04. The number of hydrogen-bond acceptors (Lipinski definition) is 3. The predicted molar refractivity (Wildman–Crippen MR) is 47.8 cm³/mol. The number of halogens is 1. The zero-order chi connectivity index (χ0) is 9.42. The van der Waals surface area contributed by atoms with Gasteiger partial charge in [0.15, 0.2) is 17.0 Å². The van der Waals surface area contributed by atoms with Gasteiger partial charge in [0.25, 0.3) is 0 Å². The number of thiophene rings is 1. The molecule has 0 aromatic carbocycles. The highest BCUT2D eigenvalue weighted by molar-refractivity contribution is 7.08. The zero-order valence-electron chi connectivity index (χ0n) is 6.91. The lowest BCUT2D eigenvalue weighted by molar-refractivity contribution is -0.119. The Balaban J connectivity index is 2.35. The van der Waals surface area contributed by atoms with Gasteiger partial charge in [-0.25, -0.2) is 0 Å². The first kappa shape index (κ1) is 8.44. The minimum atomic E-state index is -0.478. The fourth-order valence-corrected chi connectivity index (χ4v) is 1.76.